The standard InChI is InChI=1S/C11H16ClN3S/c1-2-3-9-10(12)13-7-14-11(9)15-8-4-5-16-6-8/h7-8H,2-6H2,1H3,(H,13,14,15). The quantitative estimate of drug-likeness (QED) is 0.842. The minimum absolute atomic E-state index is 0.534. The number of aromatic nitrogens is 2. The number of anilines is 1. The van der Waals surface area contributed by atoms with Crippen LogP contribution in [0.3, 0.4) is 0 Å². The lowest BCUT2D eigenvalue weighted by molar-refractivity contribution is 0.796. The fourth-order valence-corrected chi connectivity index (χ4v) is 3.21. The van der Waals surface area contributed by atoms with Gasteiger partial charge in [-0.05, 0) is 18.6 Å². The van der Waals surface area contributed by atoms with Gasteiger partial charge in [-0.3, -0.25) is 0 Å². The smallest absolute Gasteiger partial charge is 0.137 e. The van der Waals surface area contributed by atoms with E-state index in [0.29, 0.717) is 11.2 Å². The van der Waals surface area contributed by atoms with Gasteiger partial charge in [-0.1, -0.05) is 24.9 Å². The van der Waals surface area contributed by atoms with Crippen LogP contribution in [0.1, 0.15) is 25.3 Å². The molecule has 5 heteroatoms. The first-order valence-corrected chi connectivity index (χ1v) is 7.18. The van der Waals surface area contributed by atoms with Crippen molar-refractivity contribution in [1.82, 2.24) is 9.97 Å². The minimum atomic E-state index is 0.534. The van der Waals surface area contributed by atoms with Crippen molar-refractivity contribution < 1.29 is 0 Å². The Bertz CT molecular complexity index is 353. The van der Waals surface area contributed by atoms with Gasteiger partial charge in [0.1, 0.15) is 17.3 Å². The number of hydrogen-bond donors (Lipinski definition) is 1. The molecule has 1 aromatic heterocycles. The number of nitrogens with one attached hydrogen (secondary N) is 1. The molecule has 1 atom stereocenters. The van der Waals surface area contributed by atoms with Gasteiger partial charge in [0.25, 0.3) is 0 Å². The van der Waals surface area contributed by atoms with E-state index in [1.807, 2.05) is 11.8 Å². The Balaban J connectivity index is 2.14. The zero-order chi connectivity index (χ0) is 11.4. The molecule has 0 saturated carbocycles. The highest BCUT2D eigenvalue weighted by molar-refractivity contribution is 7.99. The summed E-state index contributed by atoms with van der Waals surface area (Å²) in [6.45, 7) is 2.14. The molecule has 1 aromatic rings. The molecule has 0 radical (unpaired) electrons. The first-order chi connectivity index (χ1) is 7.81. The van der Waals surface area contributed by atoms with Crippen molar-refractivity contribution in [2.45, 2.75) is 32.2 Å². The molecule has 1 saturated heterocycles. The van der Waals surface area contributed by atoms with E-state index in [2.05, 4.69) is 22.2 Å². The molecule has 1 unspecified atom stereocenters. The maximum absolute atomic E-state index is 6.10. The first kappa shape index (κ1) is 12.0. The van der Waals surface area contributed by atoms with Gasteiger partial charge in [0.15, 0.2) is 0 Å². The third kappa shape index (κ3) is 2.80. The molecule has 1 N–H and O–H groups in total. The molecule has 2 heterocycles. The van der Waals surface area contributed by atoms with E-state index >= 15 is 0 Å². The molecule has 88 valence electrons. The highest BCUT2D eigenvalue weighted by Crippen LogP contribution is 2.25. The molecule has 1 aliphatic rings. The maximum Gasteiger partial charge on any atom is 0.137 e. The van der Waals surface area contributed by atoms with Crippen LogP contribution in [-0.2, 0) is 6.42 Å². The molecule has 1 aliphatic heterocycles. The lowest BCUT2D eigenvalue weighted by atomic mass is 10.1. The van der Waals surface area contributed by atoms with Crippen LogP contribution in [0.4, 0.5) is 5.82 Å². The predicted octanol–water partition coefficient (Wildman–Crippen LogP) is 3.00. The minimum Gasteiger partial charge on any atom is -0.366 e. The Kier molecular flexibility index (Phi) is 4.29. The molecule has 0 bridgehead atoms. The first-order valence-electron chi connectivity index (χ1n) is 5.65. The number of rotatable bonds is 4. The Morgan fingerprint density at radius 2 is 2.44 bits per heavy atom. The van der Waals surface area contributed by atoms with Gasteiger partial charge < -0.3 is 5.32 Å². The summed E-state index contributed by atoms with van der Waals surface area (Å²) in [5, 5.41) is 4.07. The van der Waals surface area contributed by atoms with Crippen molar-refractivity contribution in [2.24, 2.45) is 0 Å². The summed E-state index contributed by atoms with van der Waals surface area (Å²) in [6.07, 6.45) is 4.73. The second-order valence-electron chi connectivity index (χ2n) is 3.95. The second-order valence-corrected chi connectivity index (χ2v) is 5.45. The number of halogens is 1. The monoisotopic (exact) mass is 257 g/mol. The van der Waals surface area contributed by atoms with Gasteiger partial charge in [0, 0.05) is 17.4 Å². The molecular formula is C11H16ClN3S. The Morgan fingerprint density at radius 1 is 1.56 bits per heavy atom. The third-order valence-electron chi connectivity index (χ3n) is 2.66. The van der Waals surface area contributed by atoms with Crippen molar-refractivity contribution >= 4 is 29.2 Å². The van der Waals surface area contributed by atoms with Crippen molar-refractivity contribution in [2.75, 3.05) is 16.8 Å². The van der Waals surface area contributed by atoms with E-state index in [-0.39, 0.29) is 0 Å². The van der Waals surface area contributed by atoms with Crippen LogP contribution >= 0.6 is 23.4 Å². The summed E-state index contributed by atoms with van der Waals surface area (Å²) in [6, 6.07) is 0.534. The Hall–Kier alpha value is -0.480. The van der Waals surface area contributed by atoms with Crippen LogP contribution < -0.4 is 5.32 Å². The van der Waals surface area contributed by atoms with Crippen LogP contribution in [0.5, 0.6) is 0 Å². The van der Waals surface area contributed by atoms with Crippen LogP contribution in [0, 0.1) is 0 Å². The highest BCUT2D eigenvalue weighted by atomic mass is 35.5. The zero-order valence-electron chi connectivity index (χ0n) is 9.37. The molecule has 0 amide bonds. The summed E-state index contributed by atoms with van der Waals surface area (Å²) in [5.41, 5.74) is 1.06. The summed E-state index contributed by atoms with van der Waals surface area (Å²) in [7, 11) is 0. The zero-order valence-corrected chi connectivity index (χ0v) is 10.9. The highest BCUT2D eigenvalue weighted by Gasteiger charge is 2.18. The van der Waals surface area contributed by atoms with Gasteiger partial charge in [-0.25, -0.2) is 9.97 Å². The second kappa shape index (κ2) is 5.73. The van der Waals surface area contributed by atoms with Gasteiger partial charge in [-0.2, -0.15) is 11.8 Å². The third-order valence-corrected chi connectivity index (χ3v) is 4.15. The molecule has 0 spiro atoms. The number of nitrogens with zero attached hydrogens (tertiary/aromatic N) is 2. The van der Waals surface area contributed by atoms with Crippen molar-refractivity contribution in [3.8, 4) is 0 Å². The molecular weight excluding hydrogens is 242 g/mol. The summed E-state index contributed by atoms with van der Waals surface area (Å²) >= 11 is 8.08. The molecule has 3 nitrogen and oxygen atoms in total. The van der Waals surface area contributed by atoms with E-state index in [0.717, 1.165) is 30.0 Å². The molecule has 0 aliphatic carbocycles. The summed E-state index contributed by atoms with van der Waals surface area (Å²) in [4.78, 5) is 8.35. The van der Waals surface area contributed by atoms with E-state index < -0.39 is 0 Å². The topological polar surface area (TPSA) is 37.8 Å². The summed E-state index contributed by atoms with van der Waals surface area (Å²) < 4.78 is 0. The van der Waals surface area contributed by atoms with E-state index in [4.69, 9.17) is 11.6 Å². The Morgan fingerprint density at radius 3 is 3.12 bits per heavy atom. The van der Waals surface area contributed by atoms with Crippen LogP contribution in [0.15, 0.2) is 6.33 Å². The van der Waals surface area contributed by atoms with E-state index in [1.165, 1.54) is 18.5 Å². The molecule has 0 aromatic carbocycles. The van der Waals surface area contributed by atoms with Gasteiger partial charge in [0.05, 0.1) is 0 Å². The number of thioether (sulfide) groups is 1. The largest absolute Gasteiger partial charge is 0.366 e. The Labute approximate surface area is 105 Å². The predicted molar refractivity (Wildman–Crippen MR) is 70.4 cm³/mol. The van der Waals surface area contributed by atoms with Gasteiger partial charge >= 0.3 is 0 Å². The molecule has 16 heavy (non-hydrogen) atoms. The lowest BCUT2D eigenvalue weighted by Crippen LogP contribution is -2.20. The molecule has 1 fully saturated rings. The van der Waals surface area contributed by atoms with E-state index in [9.17, 15) is 0 Å². The van der Waals surface area contributed by atoms with Gasteiger partial charge in [0.2, 0.25) is 0 Å². The molecule has 2 rings (SSSR count). The normalized spacial score (nSPS) is 20.0. The van der Waals surface area contributed by atoms with Gasteiger partial charge in [-0.15, -0.1) is 0 Å². The van der Waals surface area contributed by atoms with Crippen molar-refractivity contribution in [1.29, 1.82) is 0 Å². The van der Waals surface area contributed by atoms with Crippen LogP contribution in [0.25, 0.3) is 0 Å². The number of hydrogen-bond acceptors (Lipinski definition) is 4. The van der Waals surface area contributed by atoms with Crippen LogP contribution in [-0.4, -0.2) is 27.5 Å². The average Bonchev–Trinajstić information content (AvgIpc) is 2.76. The SMILES string of the molecule is CCCc1c(Cl)ncnc1NC1CCSC1. The summed E-state index contributed by atoms with van der Waals surface area (Å²) in [5.74, 6) is 3.32. The maximum atomic E-state index is 6.10. The lowest BCUT2D eigenvalue weighted by Gasteiger charge is -2.15. The van der Waals surface area contributed by atoms with Crippen molar-refractivity contribution in [3.05, 3.63) is 17.0 Å². The average molecular weight is 258 g/mol. The van der Waals surface area contributed by atoms with Crippen molar-refractivity contribution in [3.63, 3.8) is 0 Å². The van der Waals surface area contributed by atoms with Crippen LogP contribution in [0.2, 0.25) is 5.15 Å². The fourth-order valence-electron chi connectivity index (χ4n) is 1.83. The van der Waals surface area contributed by atoms with E-state index in [1.54, 1.807) is 0 Å². The fraction of sp³-hybridized carbons (Fsp3) is 0.636.